The lowest BCUT2D eigenvalue weighted by atomic mass is 10.0. The van der Waals surface area contributed by atoms with Crippen LogP contribution >= 0.6 is 23.4 Å². The maximum Gasteiger partial charge on any atom is 0.248 e. The summed E-state index contributed by atoms with van der Waals surface area (Å²) >= 11 is 12.2. The zero-order valence-corrected chi connectivity index (χ0v) is 18.5. The highest BCUT2D eigenvalue weighted by Gasteiger charge is 2.23. The minimum absolute atomic E-state index is 0.00361. The molecule has 0 aliphatic carbocycles. The Morgan fingerprint density at radius 3 is 2.63 bits per heavy atom. The molecule has 2 aromatic heterocycles. The van der Waals surface area contributed by atoms with Crippen molar-refractivity contribution in [1.29, 1.82) is 0 Å². The van der Waals surface area contributed by atoms with Gasteiger partial charge in [0.1, 0.15) is 17.8 Å². The van der Waals surface area contributed by atoms with Crippen LogP contribution in [0, 0.1) is 0 Å². The van der Waals surface area contributed by atoms with E-state index < -0.39 is 10.0 Å². The predicted molar refractivity (Wildman–Crippen MR) is 119 cm³/mol. The number of halogens is 2. The third kappa shape index (κ3) is 4.02. The van der Waals surface area contributed by atoms with E-state index >= 15 is 0 Å². The summed E-state index contributed by atoms with van der Waals surface area (Å²) in [5, 5.41) is 0.890. The van der Waals surface area contributed by atoms with Crippen LogP contribution < -0.4 is 8.72 Å². The first-order chi connectivity index (χ1) is 14.4. The minimum Gasteiger partial charge on any atom is -0.378 e. The van der Waals surface area contributed by atoms with Crippen molar-refractivity contribution in [2.24, 2.45) is 0 Å². The normalized spacial score (nSPS) is 14.8. The van der Waals surface area contributed by atoms with Gasteiger partial charge in [-0.25, -0.2) is 23.4 Å². The van der Waals surface area contributed by atoms with Gasteiger partial charge >= 0.3 is 0 Å². The largest absolute Gasteiger partial charge is 0.378 e. The van der Waals surface area contributed by atoms with Crippen molar-refractivity contribution in [1.82, 2.24) is 15.0 Å². The Bertz CT molecular complexity index is 1190. The molecule has 0 bridgehead atoms. The first-order valence-corrected chi connectivity index (χ1v) is 11.7. The molecule has 1 fully saturated rings. The quantitative estimate of drug-likeness (QED) is 0.418. The monoisotopic (exact) mass is 467 g/mol. The molecule has 0 spiro atoms. The van der Waals surface area contributed by atoms with E-state index in [4.69, 9.17) is 28.1 Å². The number of morpholine rings is 1. The number of anilines is 2. The van der Waals surface area contributed by atoms with Gasteiger partial charge in [0.05, 0.1) is 24.5 Å². The molecule has 30 heavy (non-hydrogen) atoms. The van der Waals surface area contributed by atoms with E-state index in [1.54, 1.807) is 18.6 Å². The molecule has 3 aromatic rings. The zero-order chi connectivity index (χ0) is 21.3. The molecule has 1 saturated heterocycles. The Labute approximate surface area is 184 Å². The van der Waals surface area contributed by atoms with Gasteiger partial charge in [-0.15, -0.1) is 0 Å². The molecule has 1 aliphatic heterocycles. The average Bonchev–Trinajstić information content (AvgIpc) is 2.78. The van der Waals surface area contributed by atoms with E-state index in [1.807, 2.05) is 18.2 Å². The van der Waals surface area contributed by atoms with Crippen molar-refractivity contribution in [3.63, 3.8) is 0 Å². The Morgan fingerprint density at radius 2 is 1.90 bits per heavy atom. The Balaban J connectivity index is 1.79. The van der Waals surface area contributed by atoms with Crippen molar-refractivity contribution < 1.29 is 13.2 Å². The van der Waals surface area contributed by atoms with Crippen LogP contribution in [0.2, 0.25) is 5.15 Å². The summed E-state index contributed by atoms with van der Waals surface area (Å²) in [6, 6.07) is 7.35. The smallest absolute Gasteiger partial charge is 0.248 e. The van der Waals surface area contributed by atoms with Gasteiger partial charge in [0, 0.05) is 42.0 Å². The molecule has 3 heterocycles. The topological polar surface area (TPSA) is 88.5 Å². The first-order valence-electron chi connectivity index (χ1n) is 9.33. The Kier molecular flexibility index (Phi) is 5.97. The highest BCUT2D eigenvalue weighted by Crippen LogP contribution is 2.34. The first kappa shape index (κ1) is 21.0. The Morgan fingerprint density at radius 1 is 1.13 bits per heavy atom. The molecule has 0 amide bonds. The SMILES string of the molecule is CCS(=O)(=O)N(Cl)c1cc(-c2ccc3ncnc(N4CCOCC4)c3c2)cnc1Cl. The highest BCUT2D eigenvalue weighted by atomic mass is 35.5. The van der Waals surface area contributed by atoms with Crippen LogP contribution in [0.5, 0.6) is 0 Å². The van der Waals surface area contributed by atoms with Gasteiger partial charge in [-0.3, -0.25) is 0 Å². The lowest BCUT2D eigenvalue weighted by Crippen LogP contribution is -2.36. The summed E-state index contributed by atoms with van der Waals surface area (Å²) in [6.07, 6.45) is 3.13. The van der Waals surface area contributed by atoms with Gasteiger partial charge in [0.15, 0.2) is 5.15 Å². The number of hydrogen-bond acceptors (Lipinski definition) is 7. The van der Waals surface area contributed by atoms with Crippen LogP contribution in [0.25, 0.3) is 22.0 Å². The summed E-state index contributed by atoms with van der Waals surface area (Å²) in [7, 11) is -3.69. The lowest BCUT2D eigenvalue weighted by Gasteiger charge is -2.28. The van der Waals surface area contributed by atoms with Crippen molar-refractivity contribution in [3.05, 3.63) is 41.9 Å². The van der Waals surface area contributed by atoms with Gasteiger partial charge < -0.3 is 9.64 Å². The van der Waals surface area contributed by atoms with E-state index in [-0.39, 0.29) is 16.6 Å². The van der Waals surface area contributed by atoms with E-state index in [0.717, 1.165) is 35.4 Å². The molecular weight excluding hydrogens is 449 g/mol. The van der Waals surface area contributed by atoms with Gasteiger partial charge in [-0.1, -0.05) is 17.7 Å². The van der Waals surface area contributed by atoms with E-state index in [1.165, 1.54) is 6.92 Å². The average molecular weight is 468 g/mol. The second-order valence-electron chi connectivity index (χ2n) is 6.68. The fraction of sp³-hybridized carbons (Fsp3) is 0.316. The van der Waals surface area contributed by atoms with Crippen LogP contribution in [-0.4, -0.2) is 55.4 Å². The number of sulfonamides is 1. The number of pyridine rings is 1. The molecule has 0 atom stereocenters. The number of aromatic nitrogens is 3. The molecule has 158 valence electrons. The summed E-state index contributed by atoms with van der Waals surface area (Å²) in [5.74, 6) is 0.674. The van der Waals surface area contributed by atoms with Crippen LogP contribution in [0.4, 0.5) is 11.5 Å². The van der Waals surface area contributed by atoms with E-state index in [0.29, 0.717) is 22.6 Å². The number of nitrogens with zero attached hydrogens (tertiary/aromatic N) is 5. The van der Waals surface area contributed by atoms with Crippen molar-refractivity contribution in [3.8, 4) is 11.1 Å². The molecule has 11 heteroatoms. The van der Waals surface area contributed by atoms with Crippen molar-refractivity contribution in [2.75, 3.05) is 40.8 Å². The third-order valence-electron chi connectivity index (χ3n) is 4.88. The number of fused-ring (bicyclic) bond motifs is 1. The fourth-order valence-corrected chi connectivity index (χ4v) is 4.60. The fourth-order valence-electron chi connectivity index (χ4n) is 3.23. The molecule has 0 unspecified atom stereocenters. The van der Waals surface area contributed by atoms with Crippen LogP contribution in [0.3, 0.4) is 0 Å². The summed E-state index contributed by atoms with van der Waals surface area (Å²) in [5.41, 5.74) is 2.40. The van der Waals surface area contributed by atoms with Crippen LogP contribution in [0.15, 0.2) is 36.8 Å². The van der Waals surface area contributed by atoms with Crippen LogP contribution in [0.1, 0.15) is 6.92 Å². The minimum atomic E-state index is -3.69. The third-order valence-corrected chi connectivity index (χ3v) is 7.40. The molecular formula is C19H19Cl2N5O3S. The van der Waals surface area contributed by atoms with Gasteiger partial charge in [0.2, 0.25) is 10.0 Å². The molecule has 0 saturated carbocycles. The standard InChI is InChI=1S/C19H19Cl2N5O3S/c1-2-30(27,28)26(21)17-10-14(11-22-18(17)20)13-3-4-16-15(9-13)19(24-12-23-16)25-5-7-29-8-6-25/h3-4,9-12H,2,5-8H2,1H3. The number of ether oxygens (including phenoxy) is 1. The summed E-state index contributed by atoms with van der Waals surface area (Å²) in [4.78, 5) is 15.1. The molecule has 8 nitrogen and oxygen atoms in total. The molecule has 0 N–H and O–H groups in total. The maximum atomic E-state index is 12.2. The van der Waals surface area contributed by atoms with E-state index in [9.17, 15) is 8.42 Å². The van der Waals surface area contributed by atoms with Crippen molar-refractivity contribution >= 4 is 55.8 Å². The lowest BCUT2D eigenvalue weighted by molar-refractivity contribution is 0.122. The summed E-state index contributed by atoms with van der Waals surface area (Å²) < 4.78 is 30.4. The molecule has 4 rings (SSSR count). The molecule has 0 radical (unpaired) electrons. The maximum absolute atomic E-state index is 12.2. The Hall–Kier alpha value is -2.20. The molecule has 1 aliphatic rings. The van der Waals surface area contributed by atoms with E-state index in [2.05, 4.69) is 19.9 Å². The number of benzene rings is 1. The number of hydrogen-bond donors (Lipinski definition) is 0. The number of rotatable bonds is 5. The van der Waals surface area contributed by atoms with Crippen molar-refractivity contribution in [2.45, 2.75) is 6.92 Å². The summed E-state index contributed by atoms with van der Waals surface area (Å²) in [6.45, 7) is 4.30. The highest BCUT2D eigenvalue weighted by molar-refractivity contribution is 7.94. The van der Waals surface area contributed by atoms with Gasteiger partial charge in [-0.2, -0.15) is 3.82 Å². The molecule has 1 aromatic carbocycles. The zero-order valence-electron chi connectivity index (χ0n) is 16.1. The second kappa shape index (κ2) is 8.50. The predicted octanol–water partition coefficient (Wildman–Crippen LogP) is 3.49. The second-order valence-corrected chi connectivity index (χ2v) is 9.68. The van der Waals surface area contributed by atoms with Gasteiger partial charge in [0.25, 0.3) is 0 Å². The van der Waals surface area contributed by atoms with Crippen LogP contribution in [-0.2, 0) is 14.8 Å². The van der Waals surface area contributed by atoms with Gasteiger partial charge in [-0.05, 0) is 30.7 Å².